The van der Waals surface area contributed by atoms with Crippen molar-refractivity contribution in [3.05, 3.63) is 49.8 Å². The lowest BCUT2D eigenvalue weighted by Gasteiger charge is -2.14. The average molecular weight is 567 g/mol. The molecule has 3 rings (SSSR count). The van der Waals surface area contributed by atoms with E-state index in [2.05, 4.69) is 45.9 Å². The lowest BCUT2D eigenvalue weighted by atomic mass is 10.1. The maximum absolute atomic E-state index is 12.6. The minimum absolute atomic E-state index is 0.0667. The molecule has 1 saturated carbocycles. The fourth-order valence-electron chi connectivity index (χ4n) is 3.24. The number of oxime groups is 2. The first-order valence-corrected chi connectivity index (χ1v) is 12.0. The van der Waals surface area contributed by atoms with Gasteiger partial charge in [0, 0.05) is 36.4 Å². The summed E-state index contributed by atoms with van der Waals surface area (Å²) in [6.45, 7) is 0.554. The van der Waals surface area contributed by atoms with Crippen molar-refractivity contribution in [2.75, 3.05) is 22.5 Å². The maximum atomic E-state index is 12.6. The van der Waals surface area contributed by atoms with Gasteiger partial charge in [0.25, 0.3) is 0 Å². The highest BCUT2D eigenvalue weighted by Crippen LogP contribution is 2.28. The van der Waals surface area contributed by atoms with E-state index < -0.39 is 35.7 Å². The van der Waals surface area contributed by atoms with E-state index in [1.54, 1.807) is 18.2 Å². The van der Waals surface area contributed by atoms with E-state index in [0.717, 1.165) is 11.6 Å². The third-order valence-electron chi connectivity index (χ3n) is 5.05. The SMILES string of the molecule is NC(N)=NOC(=O)CCC(=O)Nc1nc(NC(=O)CCC(=O)ON=C(N)N)c2cc(NC[C]3[CH][CH][CH][CH]3)ccc2n1. The predicted molar refractivity (Wildman–Crippen MR) is 148 cm³/mol. The van der Waals surface area contributed by atoms with E-state index in [9.17, 15) is 19.2 Å². The minimum atomic E-state index is -0.832. The summed E-state index contributed by atoms with van der Waals surface area (Å²) in [5, 5.41) is 15.1. The molecule has 1 aromatic heterocycles. The average Bonchev–Trinajstić information content (AvgIpc) is 3.45. The van der Waals surface area contributed by atoms with Gasteiger partial charge in [0.1, 0.15) is 5.82 Å². The largest absolute Gasteiger partial charge is 0.384 e. The van der Waals surface area contributed by atoms with Crippen molar-refractivity contribution >= 4 is 64.0 Å². The van der Waals surface area contributed by atoms with Gasteiger partial charge in [-0.15, -0.1) is 0 Å². The van der Waals surface area contributed by atoms with Gasteiger partial charge in [-0.2, -0.15) is 4.98 Å². The fourth-order valence-corrected chi connectivity index (χ4v) is 3.24. The maximum Gasteiger partial charge on any atom is 0.335 e. The number of nitrogens with zero attached hydrogens (tertiary/aromatic N) is 4. The zero-order valence-electron chi connectivity index (χ0n) is 21.6. The first-order valence-electron chi connectivity index (χ1n) is 12.0. The van der Waals surface area contributed by atoms with Crippen molar-refractivity contribution in [1.82, 2.24) is 9.97 Å². The van der Waals surface area contributed by atoms with Crippen LogP contribution in [0.5, 0.6) is 0 Å². The smallest absolute Gasteiger partial charge is 0.335 e. The van der Waals surface area contributed by atoms with E-state index in [1.165, 1.54) is 0 Å². The Kier molecular flexibility index (Phi) is 10.9. The number of nitrogens with two attached hydrogens (primary N) is 4. The normalized spacial score (nSPS) is 12.7. The van der Waals surface area contributed by atoms with Crippen molar-refractivity contribution in [1.29, 1.82) is 0 Å². The molecule has 1 aromatic carbocycles. The summed E-state index contributed by atoms with van der Waals surface area (Å²) in [6, 6.07) is 5.18. The van der Waals surface area contributed by atoms with Crippen LogP contribution in [-0.4, -0.2) is 52.2 Å². The highest BCUT2D eigenvalue weighted by molar-refractivity contribution is 6.02. The standard InChI is InChI=1S/C24H28N11O6/c25-22(26)34-40-19(38)9-7-17(36)31-21-15-11-14(29-12-13-3-1-2-4-13)5-6-16(15)30-24(33-21)32-18(37)8-10-20(39)41-35-23(27)28/h1-6,11,29H,7-10,12H2,(H4,25,26,34)(H4,27,28,35)(H2,30,31,32,33,36,37). The number of nitrogens with one attached hydrogen (secondary N) is 3. The fraction of sp³-hybridized carbons (Fsp3) is 0.208. The number of carbonyl (C=O) groups is 4. The molecule has 0 bridgehead atoms. The highest BCUT2D eigenvalue weighted by Gasteiger charge is 2.18. The van der Waals surface area contributed by atoms with Crippen LogP contribution in [0.15, 0.2) is 28.5 Å². The molecule has 17 nitrogen and oxygen atoms in total. The lowest BCUT2D eigenvalue weighted by molar-refractivity contribution is -0.145. The van der Waals surface area contributed by atoms with Gasteiger partial charge in [-0.1, -0.05) is 0 Å². The van der Waals surface area contributed by atoms with Gasteiger partial charge in [-0.3, -0.25) is 14.9 Å². The van der Waals surface area contributed by atoms with Gasteiger partial charge < -0.3 is 43.2 Å². The molecular weight excluding hydrogens is 538 g/mol. The number of carbonyl (C=O) groups excluding carboxylic acids is 4. The Morgan fingerprint density at radius 1 is 0.780 bits per heavy atom. The molecule has 0 spiro atoms. The summed E-state index contributed by atoms with van der Waals surface area (Å²) < 4.78 is 0. The molecule has 2 aromatic rings. The number of rotatable bonds is 13. The molecule has 1 aliphatic rings. The van der Waals surface area contributed by atoms with Crippen LogP contribution in [0, 0.1) is 31.6 Å². The summed E-state index contributed by atoms with van der Waals surface area (Å²) in [4.78, 5) is 65.9. The summed E-state index contributed by atoms with van der Waals surface area (Å²) in [5.41, 5.74) is 21.5. The third kappa shape index (κ3) is 10.5. The van der Waals surface area contributed by atoms with Crippen LogP contribution in [0.1, 0.15) is 25.7 Å². The second kappa shape index (κ2) is 14.8. The molecule has 0 aliphatic heterocycles. The molecule has 41 heavy (non-hydrogen) atoms. The number of amides is 2. The van der Waals surface area contributed by atoms with Gasteiger partial charge in [0.05, 0.1) is 18.4 Å². The van der Waals surface area contributed by atoms with Crippen molar-refractivity contribution < 1.29 is 28.9 Å². The van der Waals surface area contributed by atoms with Crippen molar-refractivity contribution in [3.63, 3.8) is 0 Å². The highest BCUT2D eigenvalue weighted by atomic mass is 16.7. The summed E-state index contributed by atoms with van der Waals surface area (Å²) in [5.74, 6) is -2.75. The van der Waals surface area contributed by atoms with Gasteiger partial charge in [-0.25, -0.2) is 14.6 Å². The number of guanidine groups is 2. The molecule has 2 amide bonds. The van der Waals surface area contributed by atoms with Crippen LogP contribution in [0.2, 0.25) is 0 Å². The third-order valence-corrected chi connectivity index (χ3v) is 5.05. The van der Waals surface area contributed by atoms with Gasteiger partial charge in [0.15, 0.2) is 0 Å². The van der Waals surface area contributed by atoms with Crippen LogP contribution >= 0.6 is 0 Å². The first kappa shape index (κ1) is 30.3. The minimum Gasteiger partial charge on any atom is -0.384 e. The Morgan fingerprint density at radius 3 is 1.95 bits per heavy atom. The topological polar surface area (TPSA) is 277 Å². The molecule has 1 heterocycles. The number of fused-ring (bicyclic) bond motifs is 1. The Balaban J connectivity index is 1.74. The Bertz CT molecular complexity index is 1330. The molecule has 1 aliphatic carbocycles. The Hall–Kier alpha value is -5.22. The molecule has 5 radical (unpaired) electrons. The van der Waals surface area contributed by atoms with Crippen molar-refractivity contribution in [3.8, 4) is 0 Å². The summed E-state index contributed by atoms with van der Waals surface area (Å²) >= 11 is 0. The van der Waals surface area contributed by atoms with E-state index in [-0.39, 0.29) is 37.4 Å². The van der Waals surface area contributed by atoms with Crippen LogP contribution < -0.4 is 38.9 Å². The number of hydrogen-bond acceptors (Lipinski definition) is 11. The second-order valence-electron chi connectivity index (χ2n) is 8.33. The number of anilines is 3. The van der Waals surface area contributed by atoms with E-state index in [1.807, 2.05) is 25.7 Å². The number of aromatic nitrogens is 2. The van der Waals surface area contributed by atoms with Crippen LogP contribution in [0.4, 0.5) is 17.5 Å². The van der Waals surface area contributed by atoms with Crippen LogP contribution in [0.3, 0.4) is 0 Å². The predicted octanol–water partition coefficient (Wildman–Crippen LogP) is -0.652. The second-order valence-corrected chi connectivity index (χ2v) is 8.33. The van der Waals surface area contributed by atoms with Gasteiger partial charge >= 0.3 is 11.9 Å². The molecule has 1 fully saturated rings. The molecule has 0 unspecified atom stereocenters. The van der Waals surface area contributed by atoms with E-state index in [4.69, 9.17) is 22.9 Å². The molecular formula is C24H28N11O6. The van der Waals surface area contributed by atoms with Gasteiger partial charge in [-0.05, 0) is 54.2 Å². The molecule has 0 atom stereocenters. The lowest BCUT2D eigenvalue weighted by Crippen LogP contribution is -2.23. The molecule has 0 saturated heterocycles. The Labute approximate surface area is 234 Å². The Morgan fingerprint density at radius 2 is 1.37 bits per heavy atom. The number of hydrogen-bond donors (Lipinski definition) is 7. The van der Waals surface area contributed by atoms with Crippen molar-refractivity contribution in [2.45, 2.75) is 25.7 Å². The monoisotopic (exact) mass is 566 g/mol. The first-order chi connectivity index (χ1) is 19.6. The zero-order chi connectivity index (χ0) is 29.8. The van der Waals surface area contributed by atoms with E-state index in [0.29, 0.717) is 17.4 Å². The van der Waals surface area contributed by atoms with Gasteiger partial charge in [0.2, 0.25) is 29.7 Å². The molecule has 11 N–H and O–H groups in total. The summed E-state index contributed by atoms with van der Waals surface area (Å²) in [6.07, 6.45) is 6.57. The van der Waals surface area contributed by atoms with Crippen LogP contribution in [-0.2, 0) is 28.9 Å². The molecule has 17 heteroatoms. The summed E-state index contributed by atoms with van der Waals surface area (Å²) in [7, 11) is 0. The van der Waals surface area contributed by atoms with Crippen LogP contribution in [0.25, 0.3) is 10.9 Å². The molecule has 215 valence electrons. The zero-order valence-corrected chi connectivity index (χ0v) is 21.6. The quantitative estimate of drug-likeness (QED) is 0.0687. The van der Waals surface area contributed by atoms with E-state index >= 15 is 0 Å². The van der Waals surface area contributed by atoms with Crippen molar-refractivity contribution in [2.24, 2.45) is 33.2 Å². The number of benzene rings is 1.